The summed E-state index contributed by atoms with van der Waals surface area (Å²) in [5, 5.41) is 3.68. The van der Waals surface area contributed by atoms with Crippen molar-refractivity contribution in [3.63, 3.8) is 0 Å². The second-order valence-electron chi connectivity index (χ2n) is 6.11. The van der Waals surface area contributed by atoms with Gasteiger partial charge in [-0.15, -0.1) is 0 Å². The van der Waals surface area contributed by atoms with E-state index in [1.54, 1.807) is 11.1 Å². The maximum atomic E-state index is 3.68. The lowest BCUT2D eigenvalue weighted by atomic mass is 9.81. The summed E-state index contributed by atoms with van der Waals surface area (Å²) in [4.78, 5) is 0. The van der Waals surface area contributed by atoms with Gasteiger partial charge in [-0.05, 0) is 64.3 Å². The molecule has 0 aromatic rings. The van der Waals surface area contributed by atoms with Crippen molar-refractivity contribution >= 4 is 0 Å². The van der Waals surface area contributed by atoms with Gasteiger partial charge in [0.15, 0.2) is 0 Å². The van der Waals surface area contributed by atoms with Gasteiger partial charge in [0.25, 0.3) is 0 Å². The molecule has 2 atom stereocenters. The van der Waals surface area contributed by atoms with Crippen LogP contribution in [-0.4, -0.2) is 12.6 Å². The van der Waals surface area contributed by atoms with Crippen LogP contribution >= 0.6 is 0 Å². The summed E-state index contributed by atoms with van der Waals surface area (Å²) >= 11 is 0. The first-order valence-electron chi connectivity index (χ1n) is 7.70. The highest BCUT2D eigenvalue weighted by atomic mass is 14.9. The zero-order valence-electron chi connectivity index (χ0n) is 11.7. The van der Waals surface area contributed by atoms with Gasteiger partial charge in [0.1, 0.15) is 0 Å². The van der Waals surface area contributed by atoms with E-state index in [4.69, 9.17) is 0 Å². The molecule has 1 heteroatoms. The van der Waals surface area contributed by atoms with E-state index in [0.29, 0.717) is 0 Å². The average Bonchev–Trinajstić information content (AvgIpc) is 2.40. The van der Waals surface area contributed by atoms with Gasteiger partial charge in [-0.2, -0.15) is 0 Å². The highest BCUT2D eigenvalue weighted by molar-refractivity contribution is 5.16. The lowest BCUT2D eigenvalue weighted by Crippen LogP contribution is -2.34. The Balaban J connectivity index is 1.89. The first-order valence-corrected chi connectivity index (χ1v) is 7.70. The van der Waals surface area contributed by atoms with E-state index < -0.39 is 0 Å². The minimum absolute atomic E-state index is 0.776. The van der Waals surface area contributed by atoms with Gasteiger partial charge in [-0.25, -0.2) is 0 Å². The molecule has 1 saturated heterocycles. The van der Waals surface area contributed by atoms with Gasteiger partial charge in [0, 0.05) is 6.04 Å². The Hall–Kier alpha value is -0.300. The average molecular weight is 235 g/mol. The molecule has 0 bridgehead atoms. The second kappa shape index (κ2) is 6.58. The molecule has 17 heavy (non-hydrogen) atoms. The van der Waals surface area contributed by atoms with Gasteiger partial charge in [0.2, 0.25) is 0 Å². The van der Waals surface area contributed by atoms with E-state index >= 15 is 0 Å². The summed E-state index contributed by atoms with van der Waals surface area (Å²) in [5.41, 5.74) is 3.51. The fraction of sp³-hybridized carbons (Fsp3) is 0.875. The monoisotopic (exact) mass is 235 g/mol. The van der Waals surface area contributed by atoms with Crippen molar-refractivity contribution in [3.05, 3.63) is 11.1 Å². The van der Waals surface area contributed by atoms with Crippen molar-refractivity contribution in [3.8, 4) is 0 Å². The summed E-state index contributed by atoms with van der Waals surface area (Å²) in [7, 11) is 0. The molecule has 2 rings (SSSR count). The van der Waals surface area contributed by atoms with Crippen LogP contribution in [0, 0.1) is 5.92 Å². The lowest BCUT2D eigenvalue weighted by Gasteiger charge is -2.28. The van der Waals surface area contributed by atoms with Crippen LogP contribution in [0.2, 0.25) is 0 Å². The van der Waals surface area contributed by atoms with Crippen LogP contribution in [0.4, 0.5) is 0 Å². The summed E-state index contributed by atoms with van der Waals surface area (Å²) < 4.78 is 0. The van der Waals surface area contributed by atoms with E-state index in [1.807, 2.05) is 0 Å². The molecule has 0 spiro atoms. The van der Waals surface area contributed by atoms with Crippen molar-refractivity contribution in [1.82, 2.24) is 5.32 Å². The number of nitrogens with one attached hydrogen (secondary N) is 1. The first-order chi connectivity index (χ1) is 8.29. The third-order valence-corrected chi connectivity index (χ3v) is 4.77. The van der Waals surface area contributed by atoms with Crippen LogP contribution in [-0.2, 0) is 0 Å². The van der Waals surface area contributed by atoms with Gasteiger partial charge in [-0.3, -0.25) is 0 Å². The van der Waals surface area contributed by atoms with E-state index in [9.17, 15) is 0 Å². The normalized spacial score (nSPS) is 33.5. The van der Waals surface area contributed by atoms with Crippen molar-refractivity contribution in [2.24, 2.45) is 5.92 Å². The molecule has 1 saturated carbocycles. The first kappa shape index (κ1) is 13.1. The Morgan fingerprint density at radius 2 is 2.12 bits per heavy atom. The van der Waals surface area contributed by atoms with Crippen molar-refractivity contribution in [2.75, 3.05) is 6.54 Å². The third kappa shape index (κ3) is 3.84. The van der Waals surface area contributed by atoms with Crippen LogP contribution in [0.15, 0.2) is 11.1 Å². The SMILES string of the molecule is CCC1CCCC(=C(C)CC2CCCCN2)C1. The molecule has 1 nitrogen and oxygen atoms in total. The predicted molar refractivity (Wildman–Crippen MR) is 75.2 cm³/mol. The molecule has 1 aliphatic carbocycles. The summed E-state index contributed by atoms with van der Waals surface area (Å²) in [6.07, 6.45) is 12.6. The highest BCUT2D eigenvalue weighted by Crippen LogP contribution is 2.33. The molecule has 0 radical (unpaired) electrons. The lowest BCUT2D eigenvalue weighted by molar-refractivity contribution is 0.385. The Labute approximate surface area is 107 Å². The van der Waals surface area contributed by atoms with Crippen LogP contribution in [0.5, 0.6) is 0 Å². The summed E-state index contributed by atoms with van der Waals surface area (Å²) in [6, 6.07) is 0.776. The Morgan fingerprint density at radius 3 is 2.82 bits per heavy atom. The fourth-order valence-corrected chi connectivity index (χ4v) is 3.50. The Morgan fingerprint density at radius 1 is 1.24 bits per heavy atom. The molecule has 1 heterocycles. The standard InChI is InChI=1S/C16H29N/c1-3-14-7-6-8-15(12-14)13(2)11-16-9-4-5-10-17-16/h14,16-17H,3-12H2,1-2H3. The van der Waals surface area contributed by atoms with Crippen molar-refractivity contribution in [1.29, 1.82) is 0 Å². The molecular formula is C16H29N. The van der Waals surface area contributed by atoms with Gasteiger partial charge in [0.05, 0.1) is 0 Å². The number of rotatable bonds is 3. The molecule has 0 amide bonds. The second-order valence-corrected chi connectivity index (χ2v) is 6.11. The van der Waals surface area contributed by atoms with E-state index in [2.05, 4.69) is 19.2 Å². The fourth-order valence-electron chi connectivity index (χ4n) is 3.50. The molecule has 2 unspecified atom stereocenters. The minimum Gasteiger partial charge on any atom is -0.314 e. The Bertz CT molecular complexity index is 261. The number of hydrogen-bond acceptors (Lipinski definition) is 1. The van der Waals surface area contributed by atoms with Crippen LogP contribution in [0.1, 0.15) is 71.6 Å². The van der Waals surface area contributed by atoms with E-state index in [1.165, 1.54) is 64.3 Å². The van der Waals surface area contributed by atoms with Gasteiger partial charge in [-0.1, -0.05) is 30.9 Å². The largest absolute Gasteiger partial charge is 0.314 e. The molecular weight excluding hydrogens is 206 g/mol. The predicted octanol–water partition coefficient (Wildman–Crippen LogP) is 4.44. The maximum Gasteiger partial charge on any atom is 0.0104 e. The minimum atomic E-state index is 0.776. The quantitative estimate of drug-likeness (QED) is 0.713. The zero-order chi connectivity index (χ0) is 12.1. The van der Waals surface area contributed by atoms with Crippen LogP contribution < -0.4 is 5.32 Å². The van der Waals surface area contributed by atoms with Gasteiger partial charge < -0.3 is 5.32 Å². The molecule has 1 aliphatic heterocycles. The number of hydrogen-bond donors (Lipinski definition) is 1. The van der Waals surface area contributed by atoms with Crippen molar-refractivity contribution < 1.29 is 0 Å². The third-order valence-electron chi connectivity index (χ3n) is 4.77. The number of allylic oxidation sites excluding steroid dienone is 1. The number of piperidine rings is 1. The molecule has 2 aliphatic rings. The maximum absolute atomic E-state index is 3.68. The van der Waals surface area contributed by atoms with Gasteiger partial charge >= 0.3 is 0 Å². The molecule has 98 valence electrons. The van der Waals surface area contributed by atoms with E-state index in [-0.39, 0.29) is 0 Å². The van der Waals surface area contributed by atoms with Crippen LogP contribution in [0.25, 0.3) is 0 Å². The zero-order valence-corrected chi connectivity index (χ0v) is 11.7. The Kier molecular flexibility index (Phi) is 5.09. The molecule has 1 N–H and O–H groups in total. The van der Waals surface area contributed by atoms with Crippen LogP contribution in [0.3, 0.4) is 0 Å². The molecule has 2 fully saturated rings. The summed E-state index contributed by atoms with van der Waals surface area (Å²) in [5.74, 6) is 0.980. The van der Waals surface area contributed by atoms with Crippen molar-refractivity contribution in [2.45, 2.75) is 77.7 Å². The molecule has 0 aromatic carbocycles. The highest BCUT2D eigenvalue weighted by Gasteiger charge is 2.19. The van der Waals surface area contributed by atoms with E-state index in [0.717, 1.165) is 12.0 Å². The summed E-state index contributed by atoms with van der Waals surface area (Å²) in [6.45, 7) is 5.99. The smallest absolute Gasteiger partial charge is 0.0104 e. The molecule has 0 aromatic heterocycles. The topological polar surface area (TPSA) is 12.0 Å².